The number of halogens is 1. The molecule has 110 valence electrons. The quantitative estimate of drug-likeness (QED) is 0.461. The van der Waals surface area contributed by atoms with Crippen molar-refractivity contribution in [2.75, 3.05) is 7.11 Å². The maximum atomic E-state index is 11.0. The second kappa shape index (κ2) is 6.95. The monoisotopic (exact) mass is 307 g/mol. The van der Waals surface area contributed by atoms with Gasteiger partial charge in [0.1, 0.15) is 12.4 Å². The average Bonchev–Trinajstić information content (AvgIpc) is 2.52. The van der Waals surface area contributed by atoms with Gasteiger partial charge in [-0.3, -0.25) is 10.1 Å². The van der Waals surface area contributed by atoms with E-state index in [1.807, 2.05) is 24.3 Å². The molecule has 0 radical (unpaired) electrons. The Labute approximate surface area is 127 Å². The summed E-state index contributed by atoms with van der Waals surface area (Å²) in [5.41, 5.74) is 1.49. The number of para-hydroxylation sites is 1. The molecule has 2 aromatic rings. The summed E-state index contributed by atoms with van der Waals surface area (Å²) in [7, 11) is 1.56. The number of nitrogens with zero attached hydrogens (tertiary/aromatic N) is 1. The lowest BCUT2D eigenvalue weighted by atomic mass is 10.2. The summed E-state index contributed by atoms with van der Waals surface area (Å²) in [4.78, 5) is 10.5. The SMILES string of the molecule is COc1ccccc1COc1cc(CCl)ccc1[N+](=O)[O-]. The van der Waals surface area contributed by atoms with Gasteiger partial charge in [0, 0.05) is 17.5 Å². The molecule has 6 heteroatoms. The van der Waals surface area contributed by atoms with Crippen LogP contribution in [0.3, 0.4) is 0 Å². The highest BCUT2D eigenvalue weighted by atomic mass is 35.5. The Morgan fingerprint density at radius 1 is 1.19 bits per heavy atom. The molecule has 0 unspecified atom stereocenters. The molecule has 21 heavy (non-hydrogen) atoms. The van der Waals surface area contributed by atoms with E-state index in [4.69, 9.17) is 21.1 Å². The van der Waals surface area contributed by atoms with Crippen LogP contribution in [-0.2, 0) is 12.5 Å². The van der Waals surface area contributed by atoms with Gasteiger partial charge in [0.05, 0.1) is 12.0 Å². The number of rotatable bonds is 6. The second-order valence-electron chi connectivity index (χ2n) is 4.29. The molecule has 0 bridgehead atoms. The van der Waals surface area contributed by atoms with Gasteiger partial charge < -0.3 is 9.47 Å². The van der Waals surface area contributed by atoms with Gasteiger partial charge in [-0.1, -0.05) is 24.3 Å². The van der Waals surface area contributed by atoms with Crippen molar-refractivity contribution in [3.8, 4) is 11.5 Å². The van der Waals surface area contributed by atoms with Crippen molar-refractivity contribution in [2.24, 2.45) is 0 Å². The van der Waals surface area contributed by atoms with Gasteiger partial charge in [-0.25, -0.2) is 0 Å². The van der Waals surface area contributed by atoms with Crippen LogP contribution in [0.2, 0.25) is 0 Å². The van der Waals surface area contributed by atoms with Crippen molar-refractivity contribution in [1.29, 1.82) is 0 Å². The molecule has 5 nitrogen and oxygen atoms in total. The van der Waals surface area contributed by atoms with Crippen LogP contribution >= 0.6 is 11.6 Å². The number of nitro benzene ring substituents is 1. The summed E-state index contributed by atoms with van der Waals surface area (Å²) in [5, 5.41) is 11.0. The van der Waals surface area contributed by atoms with Crippen molar-refractivity contribution in [2.45, 2.75) is 12.5 Å². The van der Waals surface area contributed by atoms with E-state index in [1.165, 1.54) is 6.07 Å². The molecule has 0 N–H and O–H groups in total. The molecule has 0 atom stereocenters. The average molecular weight is 308 g/mol. The largest absolute Gasteiger partial charge is 0.496 e. The zero-order chi connectivity index (χ0) is 15.2. The van der Waals surface area contributed by atoms with Crippen LogP contribution in [0, 0.1) is 10.1 Å². The Morgan fingerprint density at radius 2 is 1.95 bits per heavy atom. The fourth-order valence-electron chi connectivity index (χ4n) is 1.89. The second-order valence-corrected chi connectivity index (χ2v) is 4.56. The van der Waals surface area contributed by atoms with E-state index in [1.54, 1.807) is 19.2 Å². The van der Waals surface area contributed by atoms with Gasteiger partial charge in [0.15, 0.2) is 5.75 Å². The van der Waals surface area contributed by atoms with Gasteiger partial charge in [0.2, 0.25) is 0 Å². The summed E-state index contributed by atoms with van der Waals surface area (Å²) >= 11 is 5.75. The van der Waals surface area contributed by atoms with Crippen LogP contribution in [0.4, 0.5) is 5.69 Å². The maximum Gasteiger partial charge on any atom is 0.310 e. The lowest BCUT2D eigenvalue weighted by molar-refractivity contribution is -0.386. The van der Waals surface area contributed by atoms with Gasteiger partial charge in [-0.05, 0) is 17.7 Å². The van der Waals surface area contributed by atoms with E-state index in [9.17, 15) is 10.1 Å². The van der Waals surface area contributed by atoms with Crippen molar-refractivity contribution in [1.82, 2.24) is 0 Å². The van der Waals surface area contributed by atoms with Gasteiger partial charge in [0.25, 0.3) is 0 Å². The molecule has 0 spiro atoms. The first-order valence-corrected chi connectivity index (χ1v) is 6.77. The van der Waals surface area contributed by atoms with Crippen molar-refractivity contribution < 1.29 is 14.4 Å². The minimum atomic E-state index is -0.477. The third-order valence-electron chi connectivity index (χ3n) is 2.95. The Morgan fingerprint density at radius 3 is 2.62 bits per heavy atom. The van der Waals surface area contributed by atoms with Crippen LogP contribution in [-0.4, -0.2) is 12.0 Å². The smallest absolute Gasteiger partial charge is 0.310 e. The predicted molar refractivity (Wildman–Crippen MR) is 80.0 cm³/mol. The highest BCUT2D eigenvalue weighted by Gasteiger charge is 2.16. The first-order valence-electron chi connectivity index (χ1n) is 6.23. The molecule has 0 aliphatic carbocycles. The zero-order valence-corrected chi connectivity index (χ0v) is 12.2. The molecule has 0 amide bonds. The van der Waals surface area contributed by atoms with Crippen LogP contribution in [0.15, 0.2) is 42.5 Å². The zero-order valence-electron chi connectivity index (χ0n) is 11.4. The predicted octanol–water partition coefficient (Wildman–Crippen LogP) is 3.92. The number of hydrogen-bond donors (Lipinski definition) is 0. The molecule has 0 saturated heterocycles. The Kier molecular flexibility index (Phi) is 5.00. The van der Waals surface area contributed by atoms with Crippen LogP contribution in [0.1, 0.15) is 11.1 Å². The van der Waals surface area contributed by atoms with E-state index < -0.39 is 4.92 Å². The molecule has 0 fully saturated rings. The van der Waals surface area contributed by atoms with Crippen molar-refractivity contribution in [3.05, 3.63) is 63.7 Å². The standard InChI is InChI=1S/C15H14ClNO4/c1-20-14-5-3-2-4-12(14)10-21-15-8-11(9-16)6-7-13(15)17(18)19/h2-8H,9-10H2,1H3. The topological polar surface area (TPSA) is 61.6 Å². The molecule has 2 aromatic carbocycles. The summed E-state index contributed by atoms with van der Waals surface area (Å²) in [5.74, 6) is 1.14. The first kappa shape index (κ1) is 15.1. The molecular weight excluding hydrogens is 294 g/mol. The summed E-state index contributed by atoms with van der Waals surface area (Å²) < 4.78 is 10.8. The molecule has 0 heterocycles. The van der Waals surface area contributed by atoms with Crippen molar-refractivity contribution in [3.63, 3.8) is 0 Å². The number of benzene rings is 2. The highest BCUT2D eigenvalue weighted by molar-refractivity contribution is 6.17. The number of methoxy groups -OCH3 is 1. The van der Waals surface area contributed by atoms with Crippen molar-refractivity contribution >= 4 is 17.3 Å². The van der Waals surface area contributed by atoms with Gasteiger partial charge in [-0.15, -0.1) is 11.6 Å². The third-order valence-corrected chi connectivity index (χ3v) is 3.26. The van der Waals surface area contributed by atoms with Gasteiger partial charge in [-0.2, -0.15) is 0 Å². The normalized spacial score (nSPS) is 10.2. The lowest BCUT2D eigenvalue weighted by Crippen LogP contribution is -2.01. The molecule has 0 aliphatic rings. The summed E-state index contributed by atoms with van der Waals surface area (Å²) in [6, 6.07) is 11.9. The molecule has 0 aliphatic heterocycles. The highest BCUT2D eigenvalue weighted by Crippen LogP contribution is 2.30. The number of hydrogen-bond acceptors (Lipinski definition) is 4. The maximum absolute atomic E-state index is 11.0. The number of ether oxygens (including phenoxy) is 2. The molecule has 0 aromatic heterocycles. The summed E-state index contributed by atoms with van der Waals surface area (Å²) in [6.45, 7) is 0.177. The minimum Gasteiger partial charge on any atom is -0.496 e. The van der Waals surface area contributed by atoms with E-state index in [-0.39, 0.29) is 23.9 Å². The molecule has 0 saturated carbocycles. The number of nitro groups is 1. The van der Waals surface area contributed by atoms with E-state index >= 15 is 0 Å². The van der Waals surface area contributed by atoms with Gasteiger partial charge >= 0.3 is 5.69 Å². The van der Waals surface area contributed by atoms with E-state index in [0.29, 0.717) is 5.75 Å². The fraction of sp³-hybridized carbons (Fsp3) is 0.200. The van der Waals surface area contributed by atoms with Crippen LogP contribution in [0.25, 0.3) is 0 Å². The van der Waals surface area contributed by atoms with E-state index in [0.717, 1.165) is 11.1 Å². The Hall–Kier alpha value is -2.27. The molecule has 2 rings (SSSR count). The minimum absolute atomic E-state index is 0.0845. The lowest BCUT2D eigenvalue weighted by Gasteiger charge is -2.11. The van der Waals surface area contributed by atoms with Crippen LogP contribution in [0.5, 0.6) is 11.5 Å². The summed E-state index contributed by atoms with van der Waals surface area (Å²) in [6.07, 6.45) is 0. The Bertz CT molecular complexity index is 645. The Balaban J connectivity index is 2.24. The fourth-order valence-corrected chi connectivity index (χ4v) is 2.05. The van der Waals surface area contributed by atoms with Crippen LogP contribution < -0.4 is 9.47 Å². The molecular formula is C15H14ClNO4. The first-order chi connectivity index (χ1) is 10.2. The van der Waals surface area contributed by atoms with E-state index in [2.05, 4.69) is 0 Å². The number of alkyl halides is 1. The third kappa shape index (κ3) is 3.64.